The highest BCUT2D eigenvalue weighted by molar-refractivity contribution is 7.16. The van der Waals surface area contributed by atoms with Crippen molar-refractivity contribution in [3.63, 3.8) is 0 Å². The van der Waals surface area contributed by atoms with E-state index in [2.05, 4.69) is 5.32 Å². The fourth-order valence-electron chi connectivity index (χ4n) is 1.34. The minimum absolute atomic E-state index is 0.0190. The molecule has 1 fully saturated rings. The average Bonchev–Trinajstić information content (AvgIpc) is 2.61. The summed E-state index contributed by atoms with van der Waals surface area (Å²) in [5, 5.41) is 2.87. The van der Waals surface area contributed by atoms with E-state index < -0.39 is 0 Å². The van der Waals surface area contributed by atoms with Crippen molar-refractivity contribution in [2.75, 3.05) is 13.6 Å². The van der Waals surface area contributed by atoms with E-state index in [1.807, 2.05) is 12.1 Å². The summed E-state index contributed by atoms with van der Waals surface area (Å²) in [5.74, 6) is 0. The Morgan fingerprint density at radius 1 is 1.69 bits per heavy atom. The fourth-order valence-corrected chi connectivity index (χ4v) is 2.44. The number of nitrogens with one attached hydrogen (secondary N) is 1. The van der Waals surface area contributed by atoms with Gasteiger partial charge in [-0.2, -0.15) is 0 Å². The van der Waals surface area contributed by atoms with E-state index in [9.17, 15) is 4.79 Å². The molecule has 2 rings (SSSR count). The molecule has 2 amide bonds. The number of urea groups is 1. The van der Waals surface area contributed by atoms with Gasteiger partial charge >= 0.3 is 6.03 Å². The molecule has 1 aliphatic rings. The smallest absolute Gasteiger partial charge is 0.317 e. The van der Waals surface area contributed by atoms with Crippen LogP contribution in [-0.4, -0.2) is 24.5 Å². The highest BCUT2D eigenvalue weighted by Gasteiger charge is 2.27. The summed E-state index contributed by atoms with van der Waals surface area (Å²) in [6, 6.07) is 3.90. The van der Waals surface area contributed by atoms with Gasteiger partial charge in [0.05, 0.1) is 10.4 Å². The van der Waals surface area contributed by atoms with Crippen molar-refractivity contribution < 1.29 is 4.79 Å². The highest BCUT2D eigenvalue weighted by Crippen LogP contribution is 2.29. The third-order valence-electron chi connectivity index (χ3n) is 2.04. The number of carbonyl (C=O) groups is 1. The lowest BCUT2D eigenvalue weighted by Crippen LogP contribution is -2.23. The van der Waals surface area contributed by atoms with Crippen molar-refractivity contribution in [2.24, 2.45) is 0 Å². The predicted octanol–water partition coefficient (Wildman–Crippen LogP) is 2.10. The molecule has 3 nitrogen and oxygen atoms in total. The molecule has 13 heavy (non-hydrogen) atoms. The van der Waals surface area contributed by atoms with Crippen LogP contribution in [0.4, 0.5) is 4.79 Å². The minimum atomic E-state index is -0.0190. The number of carbonyl (C=O) groups excluding carboxylic acids is 1. The molecule has 0 radical (unpaired) electrons. The number of hydrogen-bond donors (Lipinski definition) is 1. The number of nitrogens with zero attached hydrogens (tertiary/aromatic N) is 1. The number of amides is 2. The molecular formula is C8H9ClN2OS. The van der Waals surface area contributed by atoms with E-state index in [1.165, 1.54) is 11.3 Å². The Hall–Kier alpha value is -0.740. The van der Waals surface area contributed by atoms with Crippen LogP contribution in [0.1, 0.15) is 10.9 Å². The first-order chi connectivity index (χ1) is 6.16. The Balaban J connectivity index is 2.16. The molecule has 0 aromatic carbocycles. The quantitative estimate of drug-likeness (QED) is 0.766. The zero-order chi connectivity index (χ0) is 9.42. The molecule has 0 aliphatic carbocycles. The SMILES string of the molecule is CN1CC(c2ccc(Cl)s2)NC1=O. The maximum atomic E-state index is 11.2. The average molecular weight is 217 g/mol. The van der Waals surface area contributed by atoms with E-state index in [0.29, 0.717) is 0 Å². The first-order valence-electron chi connectivity index (χ1n) is 3.93. The van der Waals surface area contributed by atoms with Crippen LogP contribution in [0.3, 0.4) is 0 Å². The molecule has 0 bridgehead atoms. The van der Waals surface area contributed by atoms with Crippen LogP contribution in [0.25, 0.3) is 0 Å². The molecule has 2 heterocycles. The standard InChI is InChI=1S/C8H9ClN2OS/c1-11-4-5(10-8(11)12)6-2-3-7(9)13-6/h2-3,5H,4H2,1H3,(H,10,12). The predicted molar refractivity (Wildman–Crippen MR) is 53.2 cm³/mol. The third kappa shape index (κ3) is 1.64. The van der Waals surface area contributed by atoms with Crippen LogP contribution < -0.4 is 5.32 Å². The highest BCUT2D eigenvalue weighted by atomic mass is 35.5. The van der Waals surface area contributed by atoms with Crippen LogP contribution in [0.5, 0.6) is 0 Å². The van der Waals surface area contributed by atoms with E-state index >= 15 is 0 Å². The van der Waals surface area contributed by atoms with Gasteiger partial charge in [0.1, 0.15) is 0 Å². The summed E-state index contributed by atoms with van der Waals surface area (Å²) < 4.78 is 0.763. The Morgan fingerprint density at radius 3 is 2.92 bits per heavy atom. The summed E-state index contributed by atoms with van der Waals surface area (Å²) >= 11 is 7.32. The topological polar surface area (TPSA) is 32.3 Å². The van der Waals surface area contributed by atoms with Crippen LogP contribution in [-0.2, 0) is 0 Å². The zero-order valence-corrected chi connectivity index (χ0v) is 8.65. The molecule has 1 aromatic heterocycles. The molecule has 0 spiro atoms. The molecule has 1 aromatic rings. The number of halogens is 1. The van der Waals surface area contributed by atoms with E-state index in [-0.39, 0.29) is 12.1 Å². The lowest BCUT2D eigenvalue weighted by molar-refractivity contribution is 0.226. The molecule has 1 atom stereocenters. The molecule has 70 valence electrons. The summed E-state index contributed by atoms with van der Waals surface area (Å²) in [4.78, 5) is 13.9. The molecule has 0 saturated carbocycles. The molecule has 5 heteroatoms. The summed E-state index contributed by atoms with van der Waals surface area (Å²) in [6.45, 7) is 0.718. The van der Waals surface area contributed by atoms with Crippen LogP contribution in [0.15, 0.2) is 12.1 Å². The van der Waals surface area contributed by atoms with Crippen LogP contribution >= 0.6 is 22.9 Å². The van der Waals surface area contributed by atoms with Crippen LogP contribution in [0, 0.1) is 0 Å². The van der Waals surface area contributed by atoms with Gasteiger partial charge in [-0.25, -0.2) is 4.79 Å². The first-order valence-corrected chi connectivity index (χ1v) is 5.13. The second-order valence-corrected chi connectivity index (χ2v) is 4.77. The molecule has 1 N–H and O–H groups in total. The second kappa shape index (κ2) is 3.20. The Morgan fingerprint density at radius 2 is 2.46 bits per heavy atom. The fraction of sp³-hybridized carbons (Fsp3) is 0.375. The number of rotatable bonds is 1. The number of hydrogen-bond acceptors (Lipinski definition) is 2. The summed E-state index contributed by atoms with van der Waals surface area (Å²) in [5.41, 5.74) is 0. The second-order valence-electron chi connectivity index (χ2n) is 3.02. The lowest BCUT2D eigenvalue weighted by atomic mass is 10.2. The van der Waals surface area contributed by atoms with Gasteiger partial charge in [0, 0.05) is 18.5 Å². The van der Waals surface area contributed by atoms with E-state index in [1.54, 1.807) is 11.9 Å². The lowest BCUT2D eigenvalue weighted by Gasteiger charge is -2.05. The summed E-state index contributed by atoms with van der Waals surface area (Å²) in [7, 11) is 1.78. The van der Waals surface area contributed by atoms with Gasteiger partial charge in [-0.1, -0.05) is 11.6 Å². The van der Waals surface area contributed by atoms with Crippen molar-refractivity contribution in [2.45, 2.75) is 6.04 Å². The normalized spacial score (nSPS) is 22.2. The van der Waals surface area contributed by atoms with E-state index in [4.69, 9.17) is 11.6 Å². The molecular weight excluding hydrogens is 208 g/mol. The van der Waals surface area contributed by atoms with Crippen molar-refractivity contribution >= 4 is 29.0 Å². The van der Waals surface area contributed by atoms with Gasteiger partial charge in [0.25, 0.3) is 0 Å². The monoisotopic (exact) mass is 216 g/mol. The molecule has 1 saturated heterocycles. The Labute approximate surface area is 85.3 Å². The third-order valence-corrected chi connectivity index (χ3v) is 3.38. The van der Waals surface area contributed by atoms with Gasteiger partial charge in [0.2, 0.25) is 0 Å². The van der Waals surface area contributed by atoms with Gasteiger partial charge < -0.3 is 10.2 Å². The first kappa shape index (κ1) is 8.84. The number of thiophene rings is 1. The van der Waals surface area contributed by atoms with E-state index in [0.717, 1.165) is 15.8 Å². The van der Waals surface area contributed by atoms with Crippen molar-refractivity contribution in [3.05, 3.63) is 21.3 Å². The van der Waals surface area contributed by atoms with Gasteiger partial charge in [-0.05, 0) is 12.1 Å². The Bertz CT molecular complexity index is 339. The molecule has 1 unspecified atom stereocenters. The minimum Gasteiger partial charge on any atom is -0.329 e. The van der Waals surface area contributed by atoms with Gasteiger partial charge in [0.15, 0.2) is 0 Å². The van der Waals surface area contributed by atoms with Crippen LogP contribution in [0.2, 0.25) is 4.34 Å². The van der Waals surface area contributed by atoms with Gasteiger partial charge in [-0.15, -0.1) is 11.3 Å². The Kier molecular flexibility index (Phi) is 2.17. The largest absolute Gasteiger partial charge is 0.329 e. The van der Waals surface area contributed by atoms with Crippen molar-refractivity contribution in [1.29, 1.82) is 0 Å². The maximum absolute atomic E-state index is 11.2. The summed E-state index contributed by atoms with van der Waals surface area (Å²) in [6.07, 6.45) is 0. The zero-order valence-electron chi connectivity index (χ0n) is 7.08. The van der Waals surface area contributed by atoms with Crippen molar-refractivity contribution in [3.8, 4) is 0 Å². The number of likely N-dealkylation sites (N-methyl/N-ethyl adjacent to an activating group) is 1. The maximum Gasteiger partial charge on any atom is 0.317 e. The molecule has 1 aliphatic heterocycles. The van der Waals surface area contributed by atoms with Crippen molar-refractivity contribution in [1.82, 2.24) is 10.2 Å². The van der Waals surface area contributed by atoms with Gasteiger partial charge in [-0.3, -0.25) is 0 Å².